The molecule has 0 saturated heterocycles. The quantitative estimate of drug-likeness (QED) is 0.438. The fourth-order valence-corrected chi connectivity index (χ4v) is 0.975. The number of nitrogens with one attached hydrogen (secondary N) is 2. The van der Waals surface area contributed by atoms with Gasteiger partial charge in [-0.3, -0.25) is 9.79 Å². The maximum atomic E-state index is 11.3. The molecule has 0 spiro atoms. The van der Waals surface area contributed by atoms with Crippen molar-refractivity contribution in [3.8, 4) is 0 Å². The lowest BCUT2D eigenvalue weighted by atomic mass is 10.4. The highest BCUT2D eigenvalue weighted by Gasteiger charge is 2.03. The van der Waals surface area contributed by atoms with Crippen LogP contribution in [-0.4, -0.2) is 51.0 Å². The Morgan fingerprint density at radius 3 is 2.25 bits per heavy atom. The number of halogens is 1. The number of aliphatic imine (C=N–C) groups is 1. The summed E-state index contributed by atoms with van der Waals surface area (Å²) in [5.41, 5.74) is 0. The van der Waals surface area contributed by atoms with Gasteiger partial charge in [0.25, 0.3) is 0 Å². The first-order valence-electron chi connectivity index (χ1n) is 5.26. The van der Waals surface area contributed by atoms with E-state index in [-0.39, 0.29) is 29.9 Å². The molecule has 6 heteroatoms. The van der Waals surface area contributed by atoms with E-state index in [1.165, 1.54) is 0 Å². The zero-order valence-electron chi connectivity index (χ0n) is 10.5. The van der Waals surface area contributed by atoms with Gasteiger partial charge in [-0.1, -0.05) is 6.92 Å². The molecule has 0 aliphatic heterocycles. The Morgan fingerprint density at radius 2 is 1.81 bits per heavy atom. The fraction of sp³-hybridized carbons (Fsp3) is 0.800. The Morgan fingerprint density at radius 1 is 1.25 bits per heavy atom. The molecule has 0 heterocycles. The molecule has 0 bridgehead atoms. The Labute approximate surface area is 115 Å². The minimum absolute atomic E-state index is 0. The second kappa shape index (κ2) is 11.0. The molecule has 96 valence electrons. The summed E-state index contributed by atoms with van der Waals surface area (Å²) in [6.45, 7) is 3.59. The number of rotatable bonds is 5. The molecule has 0 rings (SSSR count). The van der Waals surface area contributed by atoms with Crippen molar-refractivity contribution in [2.45, 2.75) is 19.8 Å². The van der Waals surface area contributed by atoms with Crippen molar-refractivity contribution in [3.05, 3.63) is 0 Å². The smallest absolute Gasteiger partial charge is 0.223 e. The molecule has 0 aromatic carbocycles. The summed E-state index contributed by atoms with van der Waals surface area (Å²) in [7, 11) is 5.23. The van der Waals surface area contributed by atoms with E-state index in [4.69, 9.17) is 0 Å². The van der Waals surface area contributed by atoms with Gasteiger partial charge >= 0.3 is 0 Å². The van der Waals surface area contributed by atoms with Crippen molar-refractivity contribution in [1.29, 1.82) is 0 Å². The van der Waals surface area contributed by atoms with E-state index in [2.05, 4.69) is 22.5 Å². The molecule has 0 atom stereocenters. The maximum absolute atomic E-state index is 11.3. The van der Waals surface area contributed by atoms with Gasteiger partial charge in [0.05, 0.1) is 0 Å². The van der Waals surface area contributed by atoms with Gasteiger partial charge in [-0.15, -0.1) is 24.0 Å². The van der Waals surface area contributed by atoms with Gasteiger partial charge in [-0.05, 0) is 6.42 Å². The largest absolute Gasteiger partial charge is 0.356 e. The third kappa shape index (κ3) is 8.75. The third-order valence-electron chi connectivity index (χ3n) is 1.90. The van der Waals surface area contributed by atoms with E-state index in [1.807, 2.05) is 0 Å². The molecule has 0 radical (unpaired) electrons. The average molecular weight is 342 g/mol. The topological polar surface area (TPSA) is 56.7 Å². The van der Waals surface area contributed by atoms with Crippen molar-refractivity contribution < 1.29 is 4.79 Å². The predicted octanol–water partition coefficient (Wildman–Crippen LogP) is 0.658. The molecule has 16 heavy (non-hydrogen) atoms. The Kier molecular flexibility index (Phi) is 12.2. The van der Waals surface area contributed by atoms with E-state index in [0.717, 1.165) is 18.9 Å². The van der Waals surface area contributed by atoms with Crippen LogP contribution in [0, 0.1) is 0 Å². The third-order valence-corrected chi connectivity index (χ3v) is 1.90. The van der Waals surface area contributed by atoms with E-state index >= 15 is 0 Å². The zero-order valence-corrected chi connectivity index (χ0v) is 12.9. The summed E-state index contributed by atoms with van der Waals surface area (Å²) < 4.78 is 0. The first-order chi connectivity index (χ1) is 7.11. The van der Waals surface area contributed by atoms with Crippen LogP contribution in [0.25, 0.3) is 0 Å². The summed E-state index contributed by atoms with van der Waals surface area (Å²) in [6, 6.07) is 0. The Balaban J connectivity index is 0. The summed E-state index contributed by atoms with van der Waals surface area (Å²) in [4.78, 5) is 16.9. The number of guanidine groups is 1. The van der Waals surface area contributed by atoms with E-state index in [0.29, 0.717) is 13.0 Å². The summed E-state index contributed by atoms with van der Waals surface area (Å²) in [6.07, 6.45) is 1.54. The Hall–Kier alpha value is -0.530. The normalized spacial score (nSPS) is 10.4. The SMILES string of the molecule is CCCNC(=NC)NCCC(=O)N(C)C.I. The molecule has 0 aromatic heterocycles. The molecule has 2 N–H and O–H groups in total. The molecule has 0 unspecified atom stereocenters. The van der Waals surface area contributed by atoms with Crippen LogP contribution in [0.1, 0.15) is 19.8 Å². The zero-order chi connectivity index (χ0) is 11.7. The van der Waals surface area contributed by atoms with E-state index in [1.54, 1.807) is 26.0 Å². The van der Waals surface area contributed by atoms with E-state index < -0.39 is 0 Å². The molecular weight excluding hydrogens is 319 g/mol. The van der Waals surface area contributed by atoms with Crippen LogP contribution in [0.5, 0.6) is 0 Å². The lowest BCUT2D eigenvalue weighted by Gasteiger charge is -2.13. The van der Waals surface area contributed by atoms with Gasteiger partial charge < -0.3 is 15.5 Å². The summed E-state index contributed by atoms with van der Waals surface area (Å²) >= 11 is 0. The van der Waals surface area contributed by atoms with Gasteiger partial charge in [-0.2, -0.15) is 0 Å². The molecular formula is C10H23IN4O. The molecule has 0 saturated carbocycles. The molecule has 0 aliphatic rings. The second-order valence-corrected chi connectivity index (χ2v) is 3.46. The first kappa shape index (κ1) is 17.9. The number of carbonyl (C=O) groups is 1. The van der Waals surface area contributed by atoms with Crippen molar-refractivity contribution in [3.63, 3.8) is 0 Å². The van der Waals surface area contributed by atoms with Crippen LogP contribution in [0.2, 0.25) is 0 Å². The van der Waals surface area contributed by atoms with Crippen LogP contribution in [0.15, 0.2) is 4.99 Å². The summed E-state index contributed by atoms with van der Waals surface area (Å²) in [5.74, 6) is 0.872. The van der Waals surface area contributed by atoms with E-state index in [9.17, 15) is 4.79 Å². The standard InChI is InChI=1S/C10H22N4O.HI/c1-5-7-12-10(11-2)13-8-6-9(15)14(3)4;/h5-8H2,1-4H3,(H2,11,12,13);1H. The molecule has 1 amide bonds. The predicted molar refractivity (Wildman–Crippen MR) is 78.4 cm³/mol. The average Bonchev–Trinajstić information content (AvgIpc) is 2.22. The highest BCUT2D eigenvalue weighted by molar-refractivity contribution is 14.0. The van der Waals surface area contributed by atoms with Crippen molar-refractivity contribution >= 4 is 35.8 Å². The molecule has 0 aliphatic carbocycles. The lowest BCUT2D eigenvalue weighted by molar-refractivity contribution is -0.128. The number of carbonyl (C=O) groups excluding carboxylic acids is 1. The van der Waals surface area contributed by atoms with Crippen LogP contribution in [0.4, 0.5) is 0 Å². The minimum atomic E-state index is 0. The molecule has 5 nitrogen and oxygen atoms in total. The van der Waals surface area contributed by atoms with Gasteiger partial charge in [0.1, 0.15) is 0 Å². The maximum Gasteiger partial charge on any atom is 0.223 e. The van der Waals surface area contributed by atoms with Crippen molar-refractivity contribution in [1.82, 2.24) is 15.5 Å². The summed E-state index contributed by atoms with van der Waals surface area (Å²) in [5, 5.41) is 6.22. The Bertz CT molecular complexity index is 219. The number of nitrogens with zero attached hydrogens (tertiary/aromatic N) is 2. The van der Waals surface area contributed by atoms with Crippen molar-refractivity contribution in [2.75, 3.05) is 34.2 Å². The number of amides is 1. The number of hydrogen-bond donors (Lipinski definition) is 2. The monoisotopic (exact) mass is 342 g/mol. The van der Waals surface area contributed by atoms with Crippen LogP contribution in [-0.2, 0) is 4.79 Å². The number of hydrogen-bond acceptors (Lipinski definition) is 2. The fourth-order valence-electron chi connectivity index (χ4n) is 0.975. The van der Waals surface area contributed by atoms with Crippen LogP contribution >= 0.6 is 24.0 Å². The second-order valence-electron chi connectivity index (χ2n) is 3.46. The van der Waals surface area contributed by atoms with Crippen LogP contribution in [0.3, 0.4) is 0 Å². The van der Waals surface area contributed by atoms with Crippen molar-refractivity contribution in [2.24, 2.45) is 4.99 Å². The van der Waals surface area contributed by atoms with Gasteiger partial charge in [-0.25, -0.2) is 0 Å². The highest BCUT2D eigenvalue weighted by atomic mass is 127. The molecule has 0 fully saturated rings. The highest BCUT2D eigenvalue weighted by Crippen LogP contribution is 1.84. The lowest BCUT2D eigenvalue weighted by Crippen LogP contribution is -2.39. The van der Waals surface area contributed by atoms with Gasteiger partial charge in [0.2, 0.25) is 5.91 Å². The molecule has 0 aromatic rings. The van der Waals surface area contributed by atoms with Gasteiger partial charge in [0, 0.05) is 40.7 Å². The first-order valence-corrected chi connectivity index (χ1v) is 5.26. The van der Waals surface area contributed by atoms with Crippen LogP contribution < -0.4 is 10.6 Å². The minimum Gasteiger partial charge on any atom is -0.356 e. The van der Waals surface area contributed by atoms with Gasteiger partial charge in [0.15, 0.2) is 5.96 Å².